The summed E-state index contributed by atoms with van der Waals surface area (Å²) in [5, 5.41) is 0. The second-order valence-corrected chi connectivity index (χ2v) is 5.02. The van der Waals surface area contributed by atoms with Gasteiger partial charge in [0.05, 0.1) is 4.33 Å². The molecule has 0 aliphatic heterocycles. The Kier molecular flexibility index (Phi) is 3.25. The molecule has 0 spiro atoms. The summed E-state index contributed by atoms with van der Waals surface area (Å²) < 4.78 is -0.552. The fourth-order valence-corrected chi connectivity index (χ4v) is 2.57. The minimum Gasteiger partial charge on any atom is -0.337 e. The summed E-state index contributed by atoms with van der Waals surface area (Å²) in [6.45, 7) is 8.15. The summed E-state index contributed by atoms with van der Waals surface area (Å²) in [6, 6.07) is 0. The maximum Gasteiger partial charge on any atom is 1.00 e. The van der Waals surface area contributed by atoms with Gasteiger partial charge < -0.3 is 6.92 Å². The van der Waals surface area contributed by atoms with Crippen LogP contribution in [0.4, 0.5) is 0 Å². The first-order valence-corrected chi connectivity index (χ1v) is 3.83. The van der Waals surface area contributed by atoms with Crippen molar-refractivity contribution in [2.45, 2.75) is 24.6 Å². The van der Waals surface area contributed by atoms with Crippen LogP contribution < -0.4 is 18.9 Å². The fraction of sp³-hybridized carbons (Fsp3) is 0.857. The molecule has 0 aromatic heterocycles. The van der Waals surface area contributed by atoms with Gasteiger partial charge in [-0.15, -0.1) is 29.1 Å². The maximum atomic E-state index is 5.84. The maximum absolute atomic E-state index is 5.84. The first-order chi connectivity index (χ1) is 3.86. The SMILES string of the molecule is [CH2-][C@@H]1C(C)(C)CC1(Cl)Cl.[Li+]. The van der Waals surface area contributed by atoms with Gasteiger partial charge >= 0.3 is 18.9 Å². The van der Waals surface area contributed by atoms with Gasteiger partial charge in [0.2, 0.25) is 0 Å². The van der Waals surface area contributed by atoms with Gasteiger partial charge in [0.15, 0.2) is 0 Å². The van der Waals surface area contributed by atoms with Crippen LogP contribution >= 0.6 is 23.2 Å². The molecule has 1 saturated carbocycles. The molecule has 1 rings (SSSR count). The molecule has 0 radical (unpaired) electrons. The topological polar surface area (TPSA) is 0 Å². The minimum atomic E-state index is -0.552. The molecule has 1 aliphatic carbocycles. The quantitative estimate of drug-likeness (QED) is 0.275. The summed E-state index contributed by atoms with van der Waals surface area (Å²) in [5.74, 6) is 0.174. The molecule has 0 N–H and O–H groups in total. The van der Waals surface area contributed by atoms with Gasteiger partial charge in [0.1, 0.15) is 0 Å². The standard InChI is InChI=1S/C7H11Cl2.Li/c1-5-6(2,3)4-7(5,8)9;/h5H,1,4H2,2-3H3;/q-1;+1/t5-;/m1./s1. The largest absolute Gasteiger partial charge is 1.00 e. The van der Waals surface area contributed by atoms with Gasteiger partial charge in [-0.3, -0.25) is 0 Å². The van der Waals surface area contributed by atoms with E-state index in [-0.39, 0.29) is 30.2 Å². The minimum absolute atomic E-state index is 0. The van der Waals surface area contributed by atoms with E-state index in [0.717, 1.165) is 6.42 Å². The van der Waals surface area contributed by atoms with Crippen molar-refractivity contribution in [3.63, 3.8) is 0 Å². The van der Waals surface area contributed by atoms with E-state index in [1.54, 1.807) is 0 Å². The molecule has 54 valence electrons. The predicted octanol–water partition coefficient (Wildman–Crippen LogP) is 0.0445. The Bertz CT molecular complexity index is 118. The first-order valence-electron chi connectivity index (χ1n) is 3.07. The van der Waals surface area contributed by atoms with E-state index >= 15 is 0 Å². The normalized spacial score (nSPS) is 33.9. The Labute approximate surface area is 84.8 Å². The van der Waals surface area contributed by atoms with E-state index in [1.165, 1.54) is 0 Å². The van der Waals surface area contributed by atoms with E-state index in [1.807, 2.05) is 0 Å². The van der Waals surface area contributed by atoms with Gasteiger partial charge in [-0.1, -0.05) is 19.3 Å². The average Bonchev–Trinajstić information content (AvgIpc) is 1.63. The van der Waals surface area contributed by atoms with Crippen molar-refractivity contribution in [3.05, 3.63) is 6.92 Å². The van der Waals surface area contributed by atoms with Crippen LogP contribution in [0.1, 0.15) is 20.3 Å². The number of hydrogen-bond donors (Lipinski definition) is 0. The molecule has 10 heavy (non-hydrogen) atoms. The molecule has 0 saturated heterocycles. The van der Waals surface area contributed by atoms with E-state index in [4.69, 9.17) is 23.2 Å². The third-order valence-electron chi connectivity index (χ3n) is 2.14. The Morgan fingerprint density at radius 1 is 1.40 bits per heavy atom. The zero-order chi connectivity index (χ0) is 7.28. The van der Waals surface area contributed by atoms with E-state index in [2.05, 4.69) is 20.8 Å². The van der Waals surface area contributed by atoms with Crippen LogP contribution in [0, 0.1) is 18.3 Å². The molecule has 0 bridgehead atoms. The summed E-state index contributed by atoms with van der Waals surface area (Å²) in [7, 11) is 0. The van der Waals surface area contributed by atoms with Crippen LogP contribution in [0.5, 0.6) is 0 Å². The molecule has 0 heterocycles. The van der Waals surface area contributed by atoms with Crippen LogP contribution in [-0.2, 0) is 0 Å². The Morgan fingerprint density at radius 3 is 1.80 bits per heavy atom. The molecule has 0 unspecified atom stereocenters. The van der Waals surface area contributed by atoms with Crippen LogP contribution in [0.15, 0.2) is 0 Å². The number of alkyl halides is 2. The Hall–Kier alpha value is 1.18. The Morgan fingerprint density at radius 2 is 1.80 bits per heavy atom. The van der Waals surface area contributed by atoms with E-state index < -0.39 is 4.33 Å². The molecule has 0 nitrogen and oxygen atoms in total. The third-order valence-corrected chi connectivity index (χ3v) is 2.94. The van der Waals surface area contributed by atoms with Crippen LogP contribution in [0.3, 0.4) is 0 Å². The second-order valence-electron chi connectivity index (χ2n) is 3.48. The van der Waals surface area contributed by atoms with Crippen molar-refractivity contribution >= 4 is 23.2 Å². The van der Waals surface area contributed by atoms with Gasteiger partial charge in [-0.25, -0.2) is 0 Å². The average molecular weight is 173 g/mol. The van der Waals surface area contributed by atoms with Crippen molar-refractivity contribution in [1.82, 2.24) is 0 Å². The Balaban J connectivity index is 0.000000810. The molecule has 1 fully saturated rings. The first kappa shape index (κ1) is 11.2. The van der Waals surface area contributed by atoms with Crippen molar-refractivity contribution < 1.29 is 18.9 Å². The van der Waals surface area contributed by atoms with E-state index in [9.17, 15) is 0 Å². The van der Waals surface area contributed by atoms with Crippen LogP contribution in [-0.4, -0.2) is 4.33 Å². The molecule has 0 amide bonds. The molecule has 3 heteroatoms. The fourth-order valence-electron chi connectivity index (χ4n) is 1.29. The number of halogens is 2. The van der Waals surface area contributed by atoms with Gasteiger partial charge in [-0.2, -0.15) is 0 Å². The van der Waals surface area contributed by atoms with Gasteiger partial charge in [-0.05, 0) is 6.42 Å². The summed E-state index contributed by atoms with van der Waals surface area (Å²) in [5.41, 5.74) is 0.240. The summed E-state index contributed by atoms with van der Waals surface area (Å²) >= 11 is 11.7. The van der Waals surface area contributed by atoms with Gasteiger partial charge in [0.25, 0.3) is 0 Å². The molecule has 1 atom stereocenters. The zero-order valence-electron chi connectivity index (χ0n) is 6.75. The zero-order valence-corrected chi connectivity index (χ0v) is 8.26. The smallest absolute Gasteiger partial charge is 0.337 e. The molecule has 1 aliphatic rings. The van der Waals surface area contributed by atoms with Crippen LogP contribution in [0.2, 0.25) is 0 Å². The predicted molar refractivity (Wildman–Crippen MR) is 41.7 cm³/mol. The van der Waals surface area contributed by atoms with Crippen molar-refractivity contribution in [1.29, 1.82) is 0 Å². The van der Waals surface area contributed by atoms with Gasteiger partial charge in [0, 0.05) is 0 Å². The second kappa shape index (κ2) is 2.91. The third kappa shape index (κ3) is 1.67. The van der Waals surface area contributed by atoms with Crippen molar-refractivity contribution in [2.24, 2.45) is 11.3 Å². The molecule has 0 aromatic carbocycles. The number of rotatable bonds is 0. The summed E-state index contributed by atoms with van der Waals surface area (Å²) in [6.07, 6.45) is 0.858. The van der Waals surface area contributed by atoms with Crippen molar-refractivity contribution in [2.75, 3.05) is 0 Å². The van der Waals surface area contributed by atoms with Crippen LogP contribution in [0.25, 0.3) is 0 Å². The number of hydrogen-bond acceptors (Lipinski definition) is 0. The molecular formula is C7H11Cl2Li. The van der Waals surface area contributed by atoms with E-state index in [0.29, 0.717) is 0 Å². The summed E-state index contributed by atoms with van der Waals surface area (Å²) in [4.78, 5) is 0. The monoisotopic (exact) mass is 172 g/mol. The van der Waals surface area contributed by atoms with Crippen molar-refractivity contribution in [3.8, 4) is 0 Å². The molecule has 0 aromatic rings. The molecular weight excluding hydrogens is 162 g/mol.